The Balaban J connectivity index is 2.19. The molecule has 4 atom stereocenters. The summed E-state index contributed by atoms with van der Waals surface area (Å²) in [5.41, 5.74) is 12.7. The molecule has 1 aromatic carbocycles. The molecule has 12 heteroatoms. The number of carbonyl (C=O) groups excluding carboxylic acids is 4. The summed E-state index contributed by atoms with van der Waals surface area (Å²) in [7, 11) is 0. The summed E-state index contributed by atoms with van der Waals surface area (Å²) < 4.78 is 0. The summed E-state index contributed by atoms with van der Waals surface area (Å²) in [4.78, 5) is 65.4. The molecule has 0 aliphatic rings. The molecule has 0 saturated carbocycles. The molecule has 1 heterocycles. The van der Waals surface area contributed by atoms with E-state index in [0.29, 0.717) is 5.56 Å². The van der Waals surface area contributed by atoms with Crippen LogP contribution in [0.15, 0.2) is 30.5 Å². The molecule has 9 N–H and O–H groups in total. The van der Waals surface area contributed by atoms with E-state index >= 15 is 0 Å². The van der Waals surface area contributed by atoms with Gasteiger partial charge < -0.3 is 37.5 Å². The molecule has 208 valence electrons. The average Bonchev–Trinajstić information content (AvgIpc) is 3.24. The lowest BCUT2D eigenvalue weighted by Gasteiger charge is -2.26. The van der Waals surface area contributed by atoms with Crippen molar-refractivity contribution in [2.45, 2.75) is 71.1 Å². The van der Waals surface area contributed by atoms with Crippen LogP contribution < -0.4 is 27.4 Å². The van der Waals surface area contributed by atoms with Crippen LogP contribution in [0.4, 0.5) is 0 Å². The third kappa shape index (κ3) is 8.58. The minimum absolute atomic E-state index is 0.00249. The first-order valence-corrected chi connectivity index (χ1v) is 12.5. The van der Waals surface area contributed by atoms with Crippen molar-refractivity contribution in [3.63, 3.8) is 0 Å². The van der Waals surface area contributed by atoms with Crippen LogP contribution in [0.25, 0.3) is 10.9 Å². The monoisotopic (exact) mass is 530 g/mol. The number of hydrogen-bond donors (Lipinski definition) is 7. The third-order valence-electron chi connectivity index (χ3n) is 6.11. The van der Waals surface area contributed by atoms with Gasteiger partial charge in [-0.25, -0.2) is 4.79 Å². The highest BCUT2D eigenvalue weighted by Crippen LogP contribution is 2.19. The van der Waals surface area contributed by atoms with Gasteiger partial charge in [-0.1, -0.05) is 45.9 Å². The number of nitrogens with two attached hydrogens (primary N) is 2. The van der Waals surface area contributed by atoms with Gasteiger partial charge in [0.25, 0.3) is 0 Å². The van der Waals surface area contributed by atoms with Gasteiger partial charge in [0, 0.05) is 23.5 Å². The van der Waals surface area contributed by atoms with Crippen LogP contribution in [-0.4, -0.2) is 63.9 Å². The minimum Gasteiger partial charge on any atom is -0.480 e. The summed E-state index contributed by atoms with van der Waals surface area (Å²) in [6.07, 6.45) is 1.30. The number of fused-ring (bicyclic) bond motifs is 1. The number of H-pyrrole nitrogens is 1. The Bertz CT molecular complexity index is 1160. The number of aromatic nitrogens is 1. The quantitative estimate of drug-likeness (QED) is 0.180. The maximum absolute atomic E-state index is 13.1. The zero-order valence-corrected chi connectivity index (χ0v) is 22.1. The number of aromatic amines is 1. The summed E-state index contributed by atoms with van der Waals surface area (Å²) in [5.74, 6) is -4.47. The Kier molecular flexibility index (Phi) is 10.8. The highest BCUT2D eigenvalue weighted by molar-refractivity contribution is 5.96. The molecule has 0 saturated heterocycles. The predicted octanol–water partition coefficient (Wildman–Crippen LogP) is 0.154. The molecule has 0 aliphatic carbocycles. The van der Waals surface area contributed by atoms with E-state index in [9.17, 15) is 29.1 Å². The van der Waals surface area contributed by atoms with E-state index in [4.69, 9.17) is 11.5 Å². The van der Waals surface area contributed by atoms with Crippen molar-refractivity contribution >= 4 is 40.5 Å². The van der Waals surface area contributed by atoms with Gasteiger partial charge in [-0.3, -0.25) is 19.2 Å². The number of primary amides is 1. The highest BCUT2D eigenvalue weighted by atomic mass is 16.4. The zero-order valence-electron chi connectivity index (χ0n) is 22.1. The van der Waals surface area contributed by atoms with Crippen LogP contribution in [0.1, 0.15) is 46.1 Å². The SMILES string of the molecule is CC(C)CC(NC(=O)C(N)C(C)C)C(=O)NC(CC(N)=O)C(=O)NC(Cc1c[nH]c2ccccc12)C(=O)O. The fourth-order valence-corrected chi connectivity index (χ4v) is 3.95. The number of aliphatic carboxylic acids is 1. The highest BCUT2D eigenvalue weighted by Gasteiger charge is 2.32. The van der Waals surface area contributed by atoms with Crippen molar-refractivity contribution in [2.24, 2.45) is 23.3 Å². The Morgan fingerprint density at radius 1 is 0.895 bits per heavy atom. The fraction of sp³-hybridized carbons (Fsp3) is 0.500. The first-order valence-electron chi connectivity index (χ1n) is 12.5. The normalized spacial score (nSPS) is 14.5. The number of amides is 4. The van der Waals surface area contributed by atoms with Crippen LogP contribution in [0.3, 0.4) is 0 Å². The molecule has 0 fully saturated rings. The van der Waals surface area contributed by atoms with Gasteiger partial charge in [-0.2, -0.15) is 0 Å². The molecular formula is C26H38N6O6. The van der Waals surface area contributed by atoms with Gasteiger partial charge in [0.2, 0.25) is 23.6 Å². The molecule has 0 radical (unpaired) electrons. The number of carboxylic acid groups (broad SMARTS) is 1. The first-order chi connectivity index (χ1) is 17.8. The third-order valence-corrected chi connectivity index (χ3v) is 6.11. The lowest BCUT2D eigenvalue weighted by atomic mass is 10.00. The molecule has 2 rings (SSSR count). The average molecular weight is 531 g/mol. The first kappa shape index (κ1) is 30.3. The van der Waals surface area contributed by atoms with Gasteiger partial charge in [0.1, 0.15) is 18.1 Å². The molecule has 38 heavy (non-hydrogen) atoms. The molecule has 1 aromatic heterocycles. The molecular weight excluding hydrogens is 492 g/mol. The number of benzene rings is 1. The maximum atomic E-state index is 13.1. The van der Waals surface area contributed by atoms with Gasteiger partial charge >= 0.3 is 5.97 Å². The lowest BCUT2D eigenvalue weighted by molar-refractivity contribution is -0.142. The number of nitrogens with one attached hydrogen (secondary N) is 4. The van der Waals surface area contributed by atoms with Crippen LogP contribution in [0, 0.1) is 11.8 Å². The minimum atomic E-state index is -1.45. The van der Waals surface area contributed by atoms with E-state index < -0.39 is 60.2 Å². The fourth-order valence-electron chi connectivity index (χ4n) is 3.95. The van der Waals surface area contributed by atoms with Crippen molar-refractivity contribution in [3.8, 4) is 0 Å². The van der Waals surface area contributed by atoms with E-state index in [1.54, 1.807) is 20.0 Å². The lowest BCUT2D eigenvalue weighted by Crippen LogP contribution is -2.58. The van der Waals surface area contributed by atoms with Gasteiger partial charge in [0.15, 0.2) is 0 Å². The van der Waals surface area contributed by atoms with Crippen molar-refractivity contribution in [3.05, 3.63) is 36.0 Å². The summed E-state index contributed by atoms with van der Waals surface area (Å²) >= 11 is 0. The maximum Gasteiger partial charge on any atom is 0.326 e. The van der Waals surface area contributed by atoms with Crippen LogP contribution in [-0.2, 0) is 30.4 Å². The molecule has 12 nitrogen and oxygen atoms in total. The van der Waals surface area contributed by atoms with Crippen LogP contribution >= 0.6 is 0 Å². The summed E-state index contributed by atoms with van der Waals surface area (Å²) in [6.45, 7) is 7.24. The molecule has 4 amide bonds. The number of hydrogen-bond acceptors (Lipinski definition) is 6. The van der Waals surface area contributed by atoms with E-state index in [-0.39, 0.29) is 24.7 Å². The number of rotatable bonds is 14. The van der Waals surface area contributed by atoms with Crippen molar-refractivity contribution < 1.29 is 29.1 Å². The number of para-hydroxylation sites is 1. The standard InChI is InChI=1S/C26H38N6O6/c1-13(2)9-18(31-25(36)22(28)14(3)4)23(34)30-19(11-21(27)33)24(35)32-20(26(37)38)10-15-12-29-17-8-6-5-7-16(15)17/h5-8,12-14,18-20,22,29H,9-11,28H2,1-4H3,(H2,27,33)(H,30,34)(H,31,36)(H,32,35)(H,37,38). The number of carboxylic acids is 1. The van der Waals surface area contributed by atoms with E-state index in [0.717, 1.165) is 10.9 Å². The largest absolute Gasteiger partial charge is 0.480 e. The second-order valence-corrected chi connectivity index (χ2v) is 10.2. The Morgan fingerprint density at radius 2 is 1.47 bits per heavy atom. The van der Waals surface area contributed by atoms with E-state index in [1.807, 2.05) is 38.1 Å². The van der Waals surface area contributed by atoms with Gasteiger partial charge in [-0.05, 0) is 29.9 Å². The molecule has 4 unspecified atom stereocenters. The summed E-state index contributed by atoms with van der Waals surface area (Å²) in [5, 5.41) is 18.0. The second-order valence-electron chi connectivity index (χ2n) is 10.2. The smallest absolute Gasteiger partial charge is 0.326 e. The Morgan fingerprint density at radius 3 is 2.05 bits per heavy atom. The van der Waals surface area contributed by atoms with E-state index in [1.165, 1.54) is 0 Å². The van der Waals surface area contributed by atoms with E-state index in [2.05, 4.69) is 20.9 Å². The van der Waals surface area contributed by atoms with Gasteiger partial charge in [0.05, 0.1) is 12.5 Å². The Hall–Kier alpha value is -3.93. The van der Waals surface area contributed by atoms with Crippen LogP contribution in [0.2, 0.25) is 0 Å². The molecule has 0 spiro atoms. The van der Waals surface area contributed by atoms with Crippen molar-refractivity contribution in [1.82, 2.24) is 20.9 Å². The molecule has 0 aliphatic heterocycles. The van der Waals surface area contributed by atoms with Crippen LogP contribution in [0.5, 0.6) is 0 Å². The molecule has 2 aromatic rings. The Labute approximate surface area is 221 Å². The predicted molar refractivity (Wildman–Crippen MR) is 142 cm³/mol. The van der Waals surface area contributed by atoms with Crippen molar-refractivity contribution in [2.75, 3.05) is 0 Å². The number of carbonyl (C=O) groups is 5. The van der Waals surface area contributed by atoms with Crippen molar-refractivity contribution in [1.29, 1.82) is 0 Å². The van der Waals surface area contributed by atoms with Gasteiger partial charge in [-0.15, -0.1) is 0 Å². The molecule has 0 bridgehead atoms. The summed E-state index contributed by atoms with van der Waals surface area (Å²) in [6, 6.07) is 2.65. The zero-order chi connectivity index (χ0) is 28.6. The topological polar surface area (TPSA) is 209 Å². The second kappa shape index (κ2) is 13.6.